The average molecular weight is 279 g/mol. The number of hydrogen-bond donors (Lipinski definition) is 1. The molecule has 3 rings (SSSR count). The Morgan fingerprint density at radius 2 is 1.86 bits per heavy atom. The van der Waals surface area contributed by atoms with Gasteiger partial charge in [0.25, 0.3) is 0 Å². The lowest BCUT2D eigenvalue weighted by Gasteiger charge is -2.11. The van der Waals surface area contributed by atoms with Gasteiger partial charge in [0.15, 0.2) is 0 Å². The minimum Gasteiger partial charge on any atom is -0.457 e. The molecule has 0 atom stereocenters. The van der Waals surface area contributed by atoms with Gasteiger partial charge in [0.05, 0.1) is 5.69 Å². The summed E-state index contributed by atoms with van der Waals surface area (Å²) in [6.07, 6.45) is 3.71. The van der Waals surface area contributed by atoms with Gasteiger partial charge < -0.3 is 10.1 Å². The highest BCUT2D eigenvalue weighted by Gasteiger charge is 2.05. The third-order valence-electron chi connectivity index (χ3n) is 3.05. The standard InChI is InChI=1S/C17H17N3O/c1-2-18-17-19-11-12-20(17)14-7-6-10-16(13-14)21-15-8-4-3-5-9-15/h3-13H,2H2,1H3,(H,18,19). The van der Waals surface area contributed by atoms with Gasteiger partial charge in [-0.05, 0) is 31.2 Å². The minimum absolute atomic E-state index is 0.801. The van der Waals surface area contributed by atoms with E-state index in [1.54, 1.807) is 6.20 Å². The van der Waals surface area contributed by atoms with Crippen LogP contribution in [-0.2, 0) is 0 Å². The van der Waals surface area contributed by atoms with E-state index in [0.717, 1.165) is 29.7 Å². The van der Waals surface area contributed by atoms with Crippen LogP contribution in [-0.4, -0.2) is 16.1 Å². The van der Waals surface area contributed by atoms with Crippen LogP contribution in [0.5, 0.6) is 11.5 Å². The van der Waals surface area contributed by atoms with Gasteiger partial charge >= 0.3 is 0 Å². The third-order valence-corrected chi connectivity index (χ3v) is 3.05. The third kappa shape index (κ3) is 3.05. The summed E-state index contributed by atoms with van der Waals surface area (Å²) in [5, 5.41) is 3.23. The smallest absolute Gasteiger partial charge is 0.207 e. The summed E-state index contributed by atoms with van der Waals surface area (Å²) in [4.78, 5) is 4.31. The summed E-state index contributed by atoms with van der Waals surface area (Å²) in [5.74, 6) is 2.45. The molecular weight excluding hydrogens is 262 g/mol. The predicted octanol–water partition coefficient (Wildman–Crippen LogP) is 4.10. The molecule has 0 unspecified atom stereocenters. The van der Waals surface area contributed by atoms with E-state index in [1.807, 2.05) is 72.3 Å². The molecule has 0 saturated carbocycles. The molecule has 0 radical (unpaired) electrons. The highest BCUT2D eigenvalue weighted by atomic mass is 16.5. The van der Waals surface area contributed by atoms with Crippen molar-refractivity contribution in [3.8, 4) is 17.2 Å². The van der Waals surface area contributed by atoms with Crippen LogP contribution in [0.15, 0.2) is 67.0 Å². The van der Waals surface area contributed by atoms with Gasteiger partial charge in [-0.15, -0.1) is 0 Å². The van der Waals surface area contributed by atoms with Crippen LogP contribution < -0.4 is 10.1 Å². The molecule has 3 aromatic rings. The molecule has 1 heterocycles. The number of hydrogen-bond acceptors (Lipinski definition) is 3. The van der Waals surface area contributed by atoms with Gasteiger partial charge in [-0.2, -0.15) is 0 Å². The first-order chi connectivity index (χ1) is 10.4. The number of para-hydroxylation sites is 1. The van der Waals surface area contributed by atoms with E-state index in [4.69, 9.17) is 4.74 Å². The minimum atomic E-state index is 0.801. The summed E-state index contributed by atoms with van der Waals surface area (Å²) in [7, 11) is 0. The molecule has 4 heteroatoms. The highest BCUT2D eigenvalue weighted by molar-refractivity contribution is 5.46. The van der Waals surface area contributed by atoms with Crippen LogP contribution in [0.3, 0.4) is 0 Å². The van der Waals surface area contributed by atoms with Gasteiger partial charge in [0, 0.05) is 25.0 Å². The Bertz CT molecular complexity index is 707. The van der Waals surface area contributed by atoms with Crippen LogP contribution >= 0.6 is 0 Å². The molecular formula is C17H17N3O. The molecule has 0 spiro atoms. The second-order valence-corrected chi connectivity index (χ2v) is 4.56. The van der Waals surface area contributed by atoms with Crippen molar-refractivity contribution < 1.29 is 4.74 Å². The van der Waals surface area contributed by atoms with E-state index in [1.165, 1.54) is 0 Å². The van der Waals surface area contributed by atoms with Crippen LogP contribution in [0, 0.1) is 0 Å². The molecule has 0 aliphatic rings. The van der Waals surface area contributed by atoms with Crippen LogP contribution in [0.25, 0.3) is 5.69 Å². The van der Waals surface area contributed by atoms with Crippen molar-refractivity contribution >= 4 is 5.95 Å². The maximum atomic E-state index is 5.86. The fourth-order valence-corrected chi connectivity index (χ4v) is 2.12. The van der Waals surface area contributed by atoms with Gasteiger partial charge in [-0.1, -0.05) is 24.3 Å². The Morgan fingerprint density at radius 3 is 2.67 bits per heavy atom. The molecule has 21 heavy (non-hydrogen) atoms. The SMILES string of the molecule is CCNc1nccn1-c1cccc(Oc2ccccc2)c1. The average Bonchev–Trinajstić information content (AvgIpc) is 2.97. The molecule has 0 amide bonds. The second kappa shape index (κ2) is 6.13. The first-order valence-electron chi connectivity index (χ1n) is 6.97. The van der Waals surface area contributed by atoms with Gasteiger partial charge in [-0.25, -0.2) is 4.98 Å². The predicted molar refractivity (Wildman–Crippen MR) is 84.2 cm³/mol. The fourth-order valence-electron chi connectivity index (χ4n) is 2.12. The van der Waals surface area contributed by atoms with Crippen molar-refractivity contribution in [2.45, 2.75) is 6.92 Å². The lowest BCUT2D eigenvalue weighted by molar-refractivity contribution is 0.482. The van der Waals surface area contributed by atoms with Crippen LogP contribution in [0.4, 0.5) is 5.95 Å². The zero-order valence-electron chi connectivity index (χ0n) is 11.9. The second-order valence-electron chi connectivity index (χ2n) is 4.56. The first-order valence-corrected chi connectivity index (χ1v) is 6.97. The quantitative estimate of drug-likeness (QED) is 0.764. The van der Waals surface area contributed by atoms with Gasteiger partial charge in [-0.3, -0.25) is 4.57 Å². The number of nitrogens with one attached hydrogen (secondary N) is 1. The van der Waals surface area contributed by atoms with E-state index in [2.05, 4.69) is 10.3 Å². The Kier molecular flexibility index (Phi) is 3.87. The highest BCUT2D eigenvalue weighted by Crippen LogP contribution is 2.24. The molecule has 4 nitrogen and oxygen atoms in total. The molecule has 0 aliphatic carbocycles. The largest absolute Gasteiger partial charge is 0.457 e. The summed E-state index contributed by atoms with van der Waals surface area (Å²) in [5.41, 5.74) is 1.01. The lowest BCUT2D eigenvalue weighted by Crippen LogP contribution is -2.04. The van der Waals surface area contributed by atoms with E-state index in [9.17, 15) is 0 Å². The fraction of sp³-hybridized carbons (Fsp3) is 0.118. The molecule has 0 aliphatic heterocycles. The van der Waals surface area contributed by atoms with Crippen molar-refractivity contribution in [2.75, 3.05) is 11.9 Å². The number of imidazole rings is 1. The Labute approximate surface area is 124 Å². The lowest BCUT2D eigenvalue weighted by atomic mass is 10.3. The van der Waals surface area contributed by atoms with Crippen molar-refractivity contribution in [1.82, 2.24) is 9.55 Å². The topological polar surface area (TPSA) is 39.1 Å². The summed E-state index contributed by atoms with van der Waals surface area (Å²) >= 11 is 0. The summed E-state index contributed by atoms with van der Waals surface area (Å²) in [6.45, 7) is 2.88. The van der Waals surface area contributed by atoms with E-state index in [-0.39, 0.29) is 0 Å². The van der Waals surface area contributed by atoms with Gasteiger partial charge in [0.2, 0.25) is 5.95 Å². The number of ether oxygens (including phenoxy) is 1. The van der Waals surface area contributed by atoms with Crippen molar-refractivity contribution in [3.63, 3.8) is 0 Å². The Balaban J connectivity index is 1.88. The Hall–Kier alpha value is -2.75. The molecule has 0 saturated heterocycles. The van der Waals surface area contributed by atoms with Crippen molar-refractivity contribution in [1.29, 1.82) is 0 Å². The van der Waals surface area contributed by atoms with Gasteiger partial charge in [0.1, 0.15) is 11.5 Å². The first kappa shape index (κ1) is 13.2. The number of aromatic nitrogens is 2. The van der Waals surface area contributed by atoms with Crippen LogP contribution in [0.2, 0.25) is 0 Å². The van der Waals surface area contributed by atoms with Crippen molar-refractivity contribution in [2.24, 2.45) is 0 Å². The molecule has 106 valence electrons. The van der Waals surface area contributed by atoms with Crippen molar-refractivity contribution in [3.05, 3.63) is 67.0 Å². The number of benzene rings is 2. The number of nitrogens with zero attached hydrogens (tertiary/aromatic N) is 2. The normalized spacial score (nSPS) is 10.3. The van der Waals surface area contributed by atoms with Crippen LogP contribution in [0.1, 0.15) is 6.92 Å². The van der Waals surface area contributed by atoms with E-state index < -0.39 is 0 Å². The summed E-state index contributed by atoms with van der Waals surface area (Å²) < 4.78 is 7.86. The molecule has 1 aromatic heterocycles. The Morgan fingerprint density at radius 1 is 1.05 bits per heavy atom. The number of rotatable bonds is 5. The molecule has 1 N–H and O–H groups in total. The number of anilines is 1. The molecule has 0 bridgehead atoms. The zero-order chi connectivity index (χ0) is 14.5. The van der Waals surface area contributed by atoms with E-state index in [0.29, 0.717) is 0 Å². The molecule has 2 aromatic carbocycles. The van der Waals surface area contributed by atoms with E-state index >= 15 is 0 Å². The maximum Gasteiger partial charge on any atom is 0.207 e. The monoisotopic (exact) mass is 279 g/mol. The molecule has 0 fully saturated rings. The zero-order valence-corrected chi connectivity index (χ0v) is 11.9. The maximum absolute atomic E-state index is 5.86. The summed E-state index contributed by atoms with van der Waals surface area (Å²) in [6, 6.07) is 17.7.